The Hall–Kier alpha value is -1.56. The van der Waals surface area contributed by atoms with Gasteiger partial charge in [-0.2, -0.15) is 8.78 Å². The Bertz CT molecular complexity index is 354. The summed E-state index contributed by atoms with van der Waals surface area (Å²) in [7, 11) is 0. The number of alkyl halides is 2. The van der Waals surface area contributed by atoms with E-state index in [0.29, 0.717) is 0 Å². The monoisotopic (exact) mass is 203 g/mol. The Labute approximate surface area is 77.9 Å². The Morgan fingerprint density at radius 3 is 2.50 bits per heavy atom. The third-order valence-corrected chi connectivity index (χ3v) is 1.69. The van der Waals surface area contributed by atoms with Crippen molar-refractivity contribution in [2.24, 2.45) is 0 Å². The molecule has 1 N–H and O–H groups in total. The van der Waals surface area contributed by atoms with Crippen LogP contribution < -0.4 is 0 Å². The maximum absolute atomic E-state index is 13.0. The Kier molecular flexibility index (Phi) is 2.76. The zero-order valence-electron chi connectivity index (χ0n) is 6.98. The standard InChI is InChI=1S/C8H7F2NO3/c9-8(10,5-12)6-3-1-2-4-7(6)11(13)14/h1-4,12H,5H2. The predicted octanol–water partition coefficient (Wildman–Crippen LogP) is 1.68. The molecule has 1 aromatic rings. The van der Waals surface area contributed by atoms with Gasteiger partial charge in [0.2, 0.25) is 0 Å². The molecule has 0 aliphatic heterocycles. The van der Waals surface area contributed by atoms with Crippen molar-refractivity contribution in [1.29, 1.82) is 0 Å². The summed E-state index contributed by atoms with van der Waals surface area (Å²) < 4.78 is 25.9. The van der Waals surface area contributed by atoms with E-state index in [0.717, 1.165) is 12.1 Å². The van der Waals surface area contributed by atoms with E-state index in [-0.39, 0.29) is 0 Å². The molecule has 1 rings (SSSR count). The summed E-state index contributed by atoms with van der Waals surface area (Å²) in [5.41, 5.74) is -1.46. The van der Waals surface area contributed by atoms with Gasteiger partial charge in [-0.3, -0.25) is 10.1 Å². The molecular weight excluding hydrogens is 196 g/mol. The average Bonchev–Trinajstić information content (AvgIpc) is 2.18. The Balaban J connectivity index is 3.27. The molecule has 1 aromatic carbocycles. The fourth-order valence-corrected chi connectivity index (χ4v) is 1.03. The van der Waals surface area contributed by atoms with Crippen LogP contribution in [-0.2, 0) is 5.92 Å². The van der Waals surface area contributed by atoms with E-state index in [1.54, 1.807) is 0 Å². The highest BCUT2D eigenvalue weighted by atomic mass is 19.3. The molecule has 6 heteroatoms. The van der Waals surface area contributed by atoms with Gasteiger partial charge < -0.3 is 5.11 Å². The van der Waals surface area contributed by atoms with Crippen molar-refractivity contribution in [3.8, 4) is 0 Å². The topological polar surface area (TPSA) is 63.4 Å². The SMILES string of the molecule is O=[N+]([O-])c1ccccc1C(F)(F)CO. The number of rotatable bonds is 3. The molecule has 0 amide bonds. The quantitative estimate of drug-likeness (QED) is 0.600. The van der Waals surface area contributed by atoms with Crippen LogP contribution in [0.4, 0.5) is 14.5 Å². The lowest BCUT2D eigenvalue weighted by molar-refractivity contribution is -0.387. The molecule has 0 aromatic heterocycles. The van der Waals surface area contributed by atoms with Crippen molar-refractivity contribution in [3.05, 3.63) is 39.9 Å². The summed E-state index contributed by atoms with van der Waals surface area (Å²) in [4.78, 5) is 9.47. The van der Waals surface area contributed by atoms with E-state index in [9.17, 15) is 18.9 Å². The first-order valence-electron chi connectivity index (χ1n) is 3.71. The number of hydrogen-bond acceptors (Lipinski definition) is 3. The van der Waals surface area contributed by atoms with Gasteiger partial charge in [-0.25, -0.2) is 0 Å². The molecule has 0 atom stereocenters. The van der Waals surface area contributed by atoms with Crippen LogP contribution in [0.3, 0.4) is 0 Å². The van der Waals surface area contributed by atoms with Crippen LogP contribution in [0.5, 0.6) is 0 Å². The van der Waals surface area contributed by atoms with Gasteiger partial charge in [0, 0.05) is 6.07 Å². The van der Waals surface area contributed by atoms with E-state index in [1.165, 1.54) is 12.1 Å². The second-order valence-corrected chi connectivity index (χ2v) is 2.64. The van der Waals surface area contributed by atoms with Gasteiger partial charge in [-0.1, -0.05) is 12.1 Å². The van der Waals surface area contributed by atoms with Crippen molar-refractivity contribution in [2.45, 2.75) is 5.92 Å². The zero-order chi connectivity index (χ0) is 10.8. The number of aliphatic hydroxyl groups is 1. The molecule has 76 valence electrons. The molecule has 0 fully saturated rings. The maximum atomic E-state index is 13.0. The molecule has 0 bridgehead atoms. The van der Waals surface area contributed by atoms with E-state index in [2.05, 4.69) is 0 Å². The summed E-state index contributed by atoms with van der Waals surface area (Å²) in [5.74, 6) is -3.58. The van der Waals surface area contributed by atoms with Crippen molar-refractivity contribution in [2.75, 3.05) is 6.61 Å². The first-order valence-corrected chi connectivity index (χ1v) is 3.71. The second-order valence-electron chi connectivity index (χ2n) is 2.64. The molecule has 0 spiro atoms. The van der Waals surface area contributed by atoms with Gasteiger partial charge in [0.05, 0.1) is 4.92 Å². The average molecular weight is 203 g/mol. The minimum absolute atomic E-state index is 0.688. The van der Waals surface area contributed by atoms with Crippen molar-refractivity contribution < 1.29 is 18.8 Å². The fourth-order valence-electron chi connectivity index (χ4n) is 1.03. The third-order valence-electron chi connectivity index (χ3n) is 1.69. The van der Waals surface area contributed by atoms with Gasteiger partial charge in [0.15, 0.2) is 0 Å². The minimum atomic E-state index is -3.58. The number of halogens is 2. The van der Waals surface area contributed by atoms with Crippen LogP contribution in [-0.4, -0.2) is 16.6 Å². The van der Waals surface area contributed by atoms with Gasteiger partial charge >= 0.3 is 5.92 Å². The first-order chi connectivity index (χ1) is 6.49. The normalized spacial score (nSPS) is 11.4. The number of para-hydroxylation sites is 1. The molecule has 0 saturated heterocycles. The smallest absolute Gasteiger partial charge is 0.302 e. The number of aliphatic hydroxyl groups excluding tert-OH is 1. The summed E-state index contributed by atoms with van der Waals surface area (Å²) in [6.45, 7) is -1.45. The summed E-state index contributed by atoms with van der Waals surface area (Å²) >= 11 is 0. The van der Waals surface area contributed by atoms with Gasteiger partial charge in [-0.15, -0.1) is 0 Å². The molecule has 0 aliphatic carbocycles. The van der Waals surface area contributed by atoms with Gasteiger partial charge in [0.25, 0.3) is 5.69 Å². The molecule has 0 unspecified atom stereocenters. The molecule has 14 heavy (non-hydrogen) atoms. The van der Waals surface area contributed by atoms with Crippen LogP contribution in [0.25, 0.3) is 0 Å². The maximum Gasteiger partial charge on any atom is 0.302 e. The van der Waals surface area contributed by atoms with Crippen LogP contribution in [0.15, 0.2) is 24.3 Å². The van der Waals surface area contributed by atoms with Crippen LogP contribution in [0.1, 0.15) is 5.56 Å². The lowest BCUT2D eigenvalue weighted by Crippen LogP contribution is -2.19. The predicted molar refractivity (Wildman–Crippen MR) is 44.1 cm³/mol. The highest BCUT2D eigenvalue weighted by molar-refractivity contribution is 5.42. The summed E-state index contributed by atoms with van der Waals surface area (Å²) in [6.07, 6.45) is 0. The van der Waals surface area contributed by atoms with Crippen molar-refractivity contribution in [1.82, 2.24) is 0 Å². The molecule has 0 aliphatic rings. The van der Waals surface area contributed by atoms with Gasteiger partial charge in [0.1, 0.15) is 12.2 Å². The van der Waals surface area contributed by atoms with Crippen LogP contribution >= 0.6 is 0 Å². The van der Waals surface area contributed by atoms with Crippen molar-refractivity contribution >= 4 is 5.69 Å². The molecule has 0 radical (unpaired) electrons. The van der Waals surface area contributed by atoms with Crippen LogP contribution in [0.2, 0.25) is 0 Å². The Morgan fingerprint density at radius 1 is 1.43 bits per heavy atom. The van der Waals surface area contributed by atoms with E-state index in [4.69, 9.17) is 5.11 Å². The number of nitrogens with zero attached hydrogens (tertiary/aromatic N) is 1. The Morgan fingerprint density at radius 2 is 2.00 bits per heavy atom. The lowest BCUT2D eigenvalue weighted by Gasteiger charge is -2.12. The lowest BCUT2D eigenvalue weighted by atomic mass is 10.1. The molecule has 4 nitrogen and oxygen atoms in total. The zero-order valence-corrected chi connectivity index (χ0v) is 6.98. The molecular formula is C8H7F2NO3. The number of benzene rings is 1. The second kappa shape index (κ2) is 3.67. The number of nitro benzene ring substituents is 1. The number of hydrogen-bond donors (Lipinski definition) is 1. The summed E-state index contributed by atoms with van der Waals surface area (Å²) in [5, 5.41) is 18.8. The highest BCUT2D eigenvalue weighted by Crippen LogP contribution is 2.33. The highest BCUT2D eigenvalue weighted by Gasteiger charge is 2.36. The molecule has 0 heterocycles. The number of nitro groups is 1. The third kappa shape index (κ3) is 1.85. The van der Waals surface area contributed by atoms with E-state index in [1.807, 2.05) is 0 Å². The fraction of sp³-hybridized carbons (Fsp3) is 0.250. The largest absolute Gasteiger partial charge is 0.390 e. The van der Waals surface area contributed by atoms with E-state index < -0.39 is 28.7 Å². The van der Waals surface area contributed by atoms with E-state index >= 15 is 0 Å². The van der Waals surface area contributed by atoms with Gasteiger partial charge in [-0.05, 0) is 6.07 Å². The minimum Gasteiger partial charge on any atom is -0.390 e. The first kappa shape index (κ1) is 10.5. The van der Waals surface area contributed by atoms with Crippen molar-refractivity contribution in [3.63, 3.8) is 0 Å². The molecule has 0 saturated carbocycles. The summed E-state index contributed by atoms with van der Waals surface area (Å²) in [6, 6.07) is 4.44. The van der Waals surface area contributed by atoms with Crippen LogP contribution in [0, 0.1) is 10.1 Å².